The normalized spacial score (nSPS) is 10.6. The highest BCUT2D eigenvalue weighted by Gasteiger charge is 2.23. The Hall–Kier alpha value is -3.72. The highest BCUT2D eigenvalue weighted by atomic mass is 35.5. The van der Waals surface area contributed by atoms with Crippen molar-refractivity contribution in [3.63, 3.8) is 0 Å². The van der Waals surface area contributed by atoms with Crippen LogP contribution in [0.5, 0.6) is 5.75 Å². The number of anilines is 2. The van der Waals surface area contributed by atoms with Crippen molar-refractivity contribution >= 4 is 74.8 Å². The van der Waals surface area contributed by atoms with Crippen molar-refractivity contribution in [2.24, 2.45) is 0 Å². The lowest BCUT2D eigenvalue weighted by molar-refractivity contribution is -0.133. The van der Waals surface area contributed by atoms with Gasteiger partial charge in [-0.15, -0.1) is 0 Å². The number of rotatable bonds is 5. The Morgan fingerprint density at radius 1 is 0.771 bits per heavy atom. The number of amides is 3. The third kappa shape index (κ3) is 5.51. The second-order valence-corrected chi connectivity index (χ2v) is 8.59. The van der Waals surface area contributed by atoms with Crippen LogP contribution in [0.15, 0.2) is 66.7 Å². The molecule has 4 aromatic rings. The van der Waals surface area contributed by atoms with Crippen molar-refractivity contribution in [1.29, 1.82) is 0 Å². The number of hydrogen-bond donors (Lipinski definition) is 3. The maximum atomic E-state index is 13.2. The predicted octanol–water partition coefficient (Wildman–Crippen LogP) is 5.57. The number of fused-ring (bicyclic) bond motifs is 1. The van der Waals surface area contributed by atoms with E-state index in [0.717, 1.165) is 0 Å². The molecule has 0 fully saturated rings. The molecular formula is C24H17Cl3N4O4. The first kappa shape index (κ1) is 24.4. The predicted molar refractivity (Wildman–Crippen MR) is 137 cm³/mol. The van der Waals surface area contributed by atoms with Gasteiger partial charge in [0.15, 0.2) is 0 Å². The van der Waals surface area contributed by atoms with Crippen molar-refractivity contribution in [3.05, 3.63) is 87.5 Å². The van der Waals surface area contributed by atoms with Gasteiger partial charge in [-0.1, -0.05) is 46.9 Å². The number of nitrogens with one attached hydrogen (secondary N) is 3. The van der Waals surface area contributed by atoms with Crippen LogP contribution in [-0.2, 0) is 9.59 Å². The Labute approximate surface area is 214 Å². The number of ether oxygens (including phenoxy) is 1. The zero-order chi connectivity index (χ0) is 25.1. The quantitative estimate of drug-likeness (QED) is 0.293. The summed E-state index contributed by atoms with van der Waals surface area (Å²) in [5, 5.41) is 6.91. The maximum absolute atomic E-state index is 13.2. The van der Waals surface area contributed by atoms with E-state index < -0.39 is 17.7 Å². The van der Waals surface area contributed by atoms with Crippen molar-refractivity contribution < 1.29 is 19.1 Å². The molecule has 1 aromatic heterocycles. The smallest absolute Gasteiger partial charge is 0.328 e. The van der Waals surface area contributed by atoms with E-state index in [1.54, 1.807) is 48.5 Å². The first-order valence-electron chi connectivity index (χ1n) is 10.1. The molecule has 0 aliphatic heterocycles. The highest BCUT2D eigenvalue weighted by molar-refractivity contribution is 6.42. The fraction of sp³-hybridized carbons (Fsp3) is 0.0417. The molecule has 0 atom stereocenters. The number of hydrogen-bond acceptors (Lipinski definition) is 4. The molecule has 0 saturated heterocycles. The molecule has 35 heavy (non-hydrogen) atoms. The number of nitrogens with zero attached hydrogens (tertiary/aromatic N) is 1. The van der Waals surface area contributed by atoms with E-state index in [4.69, 9.17) is 39.5 Å². The van der Waals surface area contributed by atoms with Crippen LogP contribution in [0.25, 0.3) is 10.9 Å². The highest BCUT2D eigenvalue weighted by Crippen LogP contribution is 2.29. The molecule has 0 saturated carbocycles. The van der Waals surface area contributed by atoms with E-state index in [0.29, 0.717) is 43.1 Å². The Morgan fingerprint density at radius 2 is 1.46 bits per heavy atom. The molecule has 0 unspecified atom stereocenters. The molecule has 3 N–H and O–H groups in total. The van der Waals surface area contributed by atoms with Crippen molar-refractivity contribution in [2.45, 2.75) is 0 Å². The molecule has 0 aliphatic rings. The van der Waals surface area contributed by atoms with Gasteiger partial charge in [-0.25, -0.2) is 4.68 Å². The molecular weight excluding hydrogens is 515 g/mol. The van der Waals surface area contributed by atoms with Gasteiger partial charge in [-0.3, -0.25) is 19.8 Å². The number of carbonyl (C=O) groups excluding carboxylic acids is 3. The molecule has 4 rings (SSSR count). The van der Waals surface area contributed by atoms with E-state index in [2.05, 4.69) is 16.1 Å². The minimum atomic E-state index is -1.01. The summed E-state index contributed by atoms with van der Waals surface area (Å²) < 4.78 is 6.60. The summed E-state index contributed by atoms with van der Waals surface area (Å²) >= 11 is 17.9. The number of benzene rings is 3. The van der Waals surface area contributed by atoms with Crippen molar-refractivity contribution in [1.82, 2.24) is 4.68 Å². The zero-order valence-corrected chi connectivity index (χ0v) is 20.3. The van der Waals surface area contributed by atoms with Gasteiger partial charge in [-0.2, -0.15) is 0 Å². The lowest BCUT2D eigenvalue weighted by atomic mass is 10.2. The second kappa shape index (κ2) is 10.3. The van der Waals surface area contributed by atoms with E-state index in [1.807, 2.05) is 0 Å². The summed E-state index contributed by atoms with van der Waals surface area (Å²) in [6, 6.07) is 17.5. The van der Waals surface area contributed by atoms with Crippen molar-refractivity contribution in [3.8, 4) is 5.75 Å². The first-order valence-corrected chi connectivity index (χ1v) is 11.2. The number of halogens is 3. The lowest BCUT2D eigenvalue weighted by Gasteiger charge is -2.14. The fourth-order valence-corrected chi connectivity index (χ4v) is 4.02. The topological polar surface area (TPSA) is 101 Å². The standard InChI is InChI=1S/C24H17Cl3N4O4/c1-35-20-4-2-3-13-9-19(22(32)29-18-11-15(26)10-16(27)12-18)31(21(13)20)30-24(34)23(33)28-17-7-5-14(25)6-8-17/h2-12H,1H3,(H,28,33)(H,29,32)(H,30,34). The summed E-state index contributed by atoms with van der Waals surface area (Å²) in [6.45, 7) is 0. The Bertz CT molecular complexity index is 1430. The SMILES string of the molecule is COc1cccc2cc(C(=O)Nc3cc(Cl)cc(Cl)c3)n(NC(=O)C(=O)Nc3ccc(Cl)cc3)c12. The van der Waals surface area contributed by atoms with E-state index in [9.17, 15) is 14.4 Å². The molecule has 0 spiro atoms. The Kier molecular flexibility index (Phi) is 7.16. The number of carbonyl (C=O) groups is 3. The second-order valence-electron chi connectivity index (χ2n) is 7.28. The number of methoxy groups -OCH3 is 1. The average Bonchev–Trinajstić information content (AvgIpc) is 3.18. The number of aromatic nitrogens is 1. The van der Waals surface area contributed by atoms with Crippen molar-refractivity contribution in [2.75, 3.05) is 23.2 Å². The van der Waals surface area contributed by atoms with E-state index >= 15 is 0 Å². The zero-order valence-electron chi connectivity index (χ0n) is 18.1. The minimum absolute atomic E-state index is 0.0354. The van der Waals surface area contributed by atoms with Gasteiger partial charge in [0.25, 0.3) is 5.91 Å². The van der Waals surface area contributed by atoms with Crippen LogP contribution in [0.3, 0.4) is 0 Å². The summed E-state index contributed by atoms with van der Waals surface area (Å²) in [4.78, 5) is 38.5. The van der Waals surface area contributed by atoms with Gasteiger partial charge in [-0.05, 0) is 54.6 Å². The molecule has 8 nitrogen and oxygen atoms in total. The molecule has 3 amide bonds. The fourth-order valence-electron chi connectivity index (χ4n) is 3.37. The third-order valence-corrected chi connectivity index (χ3v) is 5.57. The average molecular weight is 532 g/mol. The van der Waals surface area contributed by atoms with Gasteiger partial charge >= 0.3 is 11.8 Å². The first-order chi connectivity index (χ1) is 16.7. The lowest BCUT2D eigenvalue weighted by Crippen LogP contribution is -2.36. The molecule has 0 radical (unpaired) electrons. The van der Waals surface area contributed by atoms with Crippen LogP contribution in [-0.4, -0.2) is 29.5 Å². The van der Waals surface area contributed by atoms with Crippen LogP contribution < -0.4 is 20.8 Å². The van der Waals surface area contributed by atoms with E-state index in [1.165, 1.54) is 30.0 Å². The monoisotopic (exact) mass is 530 g/mol. The van der Waals surface area contributed by atoms with Crippen LogP contribution in [0, 0.1) is 0 Å². The van der Waals surface area contributed by atoms with Gasteiger partial charge in [0.1, 0.15) is 17.0 Å². The van der Waals surface area contributed by atoms with Crippen LogP contribution >= 0.6 is 34.8 Å². The molecule has 0 bridgehead atoms. The summed E-state index contributed by atoms with van der Waals surface area (Å²) in [5.41, 5.74) is 3.62. The minimum Gasteiger partial charge on any atom is -0.494 e. The Morgan fingerprint density at radius 3 is 2.11 bits per heavy atom. The van der Waals surface area contributed by atoms with E-state index in [-0.39, 0.29) is 5.69 Å². The molecule has 1 heterocycles. The van der Waals surface area contributed by atoms with Crippen LogP contribution in [0.2, 0.25) is 15.1 Å². The third-order valence-electron chi connectivity index (χ3n) is 4.88. The Balaban J connectivity index is 1.67. The molecule has 178 valence electrons. The summed E-state index contributed by atoms with van der Waals surface area (Å²) in [5.74, 6) is -2.16. The maximum Gasteiger partial charge on any atom is 0.328 e. The summed E-state index contributed by atoms with van der Waals surface area (Å²) in [7, 11) is 1.45. The molecule has 11 heteroatoms. The summed E-state index contributed by atoms with van der Waals surface area (Å²) in [6.07, 6.45) is 0. The van der Waals surface area contributed by atoms with Gasteiger partial charge < -0.3 is 15.4 Å². The molecule has 0 aliphatic carbocycles. The van der Waals surface area contributed by atoms with Crippen LogP contribution in [0.1, 0.15) is 10.5 Å². The van der Waals surface area contributed by atoms with Crippen LogP contribution in [0.4, 0.5) is 11.4 Å². The molecule has 3 aromatic carbocycles. The van der Waals surface area contributed by atoms with Gasteiger partial charge in [0.05, 0.1) is 7.11 Å². The largest absolute Gasteiger partial charge is 0.494 e. The van der Waals surface area contributed by atoms with Gasteiger partial charge in [0, 0.05) is 31.8 Å². The number of para-hydroxylation sites is 1. The van der Waals surface area contributed by atoms with Gasteiger partial charge in [0.2, 0.25) is 0 Å².